The highest BCUT2D eigenvalue weighted by Crippen LogP contribution is 2.26. The van der Waals surface area contributed by atoms with E-state index in [0.29, 0.717) is 24.2 Å². The zero-order valence-corrected chi connectivity index (χ0v) is 16.3. The highest BCUT2D eigenvalue weighted by atomic mass is 19.1. The Hall–Kier alpha value is -3.01. The summed E-state index contributed by atoms with van der Waals surface area (Å²) >= 11 is 0. The molecule has 0 radical (unpaired) electrons. The first-order chi connectivity index (χ1) is 14.3. The fourth-order valence-corrected chi connectivity index (χ4v) is 3.35. The molecule has 0 aromatic heterocycles. The molecule has 2 amide bonds. The van der Waals surface area contributed by atoms with Crippen molar-refractivity contribution in [2.24, 2.45) is 5.73 Å². The third-order valence-corrected chi connectivity index (χ3v) is 5.10. The lowest BCUT2D eigenvalue weighted by Crippen LogP contribution is -2.50. The van der Waals surface area contributed by atoms with Crippen molar-refractivity contribution in [3.05, 3.63) is 53.8 Å². The van der Waals surface area contributed by atoms with Crippen LogP contribution in [0.4, 0.5) is 10.1 Å². The summed E-state index contributed by atoms with van der Waals surface area (Å²) in [5, 5.41) is 22.5. The molecule has 0 unspecified atom stereocenters. The van der Waals surface area contributed by atoms with Gasteiger partial charge in [-0.05, 0) is 35.7 Å². The van der Waals surface area contributed by atoms with E-state index < -0.39 is 29.8 Å². The molecule has 0 saturated carbocycles. The first kappa shape index (κ1) is 21.7. The quantitative estimate of drug-likeness (QED) is 0.419. The average molecular weight is 416 g/mol. The van der Waals surface area contributed by atoms with Crippen LogP contribution in [0, 0.1) is 5.82 Å². The summed E-state index contributed by atoms with van der Waals surface area (Å²) in [5.41, 5.74) is 14.1. The molecule has 3 atom stereocenters. The standard InChI is InChI=1S/C21H25FN4O4/c22-14-5-6-16(17(24)9-14)13-3-1-12(2-4-13)10-25-20(29)18(27)19(28)21(30)26-8-7-15(23)11-26/h1-6,9,15,18-19,27-28H,7-8,10-11,23-24H2,(H,25,29)/t15-,18+,19+/m0/s1. The zero-order valence-electron chi connectivity index (χ0n) is 16.3. The molecule has 0 spiro atoms. The predicted octanol–water partition coefficient (Wildman–Crippen LogP) is -0.0275. The topological polar surface area (TPSA) is 142 Å². The molecular weight excluding hydrogens is 391 g/mol. The van der Waals surface area contributed by atoms with Crippen molar-refractivity contribution >= 4 is 17.5 Å². The van der Waals surface area contributed by atoms with Crippen LogP contribution in [0.25, 0.3) is 11.1 Å². The maximum atomic E-state index is 13.2. The lowest BCUT2D eigenvalue weighted by Gasteiger charge is -2.22. The Morgan fingerprint density at radius 3 is 2.47 bits per heavy atom. The van der Waals surface area contributed by atoms with Gasteiger partial charge in [-0.15, -0.1) is 0 Å². The van der Waals surface area contributed by atoms with Crippen LogP contribution in [0.5, 0.6) is 0 Å². The molecule has 7 N–H and O–H groups in total. The highest BCUT2D eigenvalue weighted by molar-refractivity contribution is 5.90. The molecule has 8 nitrogen and oxygen atoms in total. The SMILES string of the molecule is Nc1cc(F)ccc1-c1ccc(CNC(=O)[C@H](O)[C@@H](O)C(=O)N2CC[C@H](N)C2)cc1. The van der Waals surface area contributed by atoms with E-state index in [4.69, 9.17) is 11.5 Å². The molecule has 1 saturated heterocycles. The van der Waals surface area contributed by atoms with Crippen molar-refractivity contribution in [1.82, 2.24) is 10.2 Å². The number of nitrogens with two attached hydrogens (primary N) is 2. The number of aliphatic hydroxyl groups excluding tert-OH is 2. The predicted molar refractivity (Wildman–Crippen MR) is 109 cm³/mol. The lowest BCUT2D eigenvalue weighted by atomic mass is 10.0. The molecule has 2 aromatic carbocycles. The van der Waals surface area contributed by atoms with Crippen molar-refractivity contribution in [2.45, 2.75) is 31.2 Å². The number of hydrogen-bond donors (Lipinski definition) is 5. The van der Waals surface area contributed by atoms with Gasteiger partial charge in [-0.2, -0.15) is 0 Å². The van der Waals surface area contributed by atoms with E-state index in [-0.39, 0.29) is 19.1 Å². The normalized spacial score (nSPS) is 18.1. The maximum Gasteiger partial charge on any atom is 0.254 e. The number of halogens is 1. The van der Waals surface area contributed by atoms with Crippen molar-refractivity contribution in [2.75, 3.05) is 18.8 Å². The largest absolute Gasteiger partial charge is 0.398 e. The number of aliphatic hydroxyl groups is 2. The minimum absolute atomic E-state index is 0.0879. The van der Waals surface area contributed by atoms with Crippen LogP contribution < -0.4 is 16.8 Å². The van der Waals surface area contributed by atoms with Gasteiger partial charge in [-0.3, -0.25) is 9.59 Å². The molecule has 30 heavy (non-hydrogen) atoms. The Morgan fingerprint density at radius 1 is 1.17 bits per heavy atom. The van der Waals surface area contributed by atoms with Gasteiger partial charge in [-0.25, -0.2) is 4.39 Å². The second kappa shape index (κ2) is 9.21. The Kier molecular flexibility index (Phi) is 6.66. The monoisotopic (exact) mass is 416 g/mol. The van der Waals surface area contributed by atoms with Crippen LogP contribution in [0.3, 0.4) is 0 Å². The number of amides is 2. The highest BCUT2D eigenvalue weighted by Gasteiger charge is 2.35. The molecule has 0 aliphatic carbocycles. The Bertz CT molecular complexity index is 922. The minimum Gasteiger partial charge on any atom is -0.398 e. The minimum atomic E-state index is -1.88. The zero-order chi connectivity index (χ0) is 21.8. The molecule has 0 bridgehead atoms. The van der Waals surface area contributed by atoms with E-state index in [2.05, 4.69) is 5.32 Å². The number of carbonyl (C=O) groups is 2. The second-order valence-corrected chi connectivity index (χ2v) is 7.37. The Labute approximate surface area is 173 Å². The average Bonchev–Trinajstić information content (AvgIpc) is 3.17. The molecule has 1 heterocycles. The van der Waals surface area contributed by atoms with Gasteiger partial charge in [0, 0.05) is 36.9 Å². The van der Waals surface area contributed by atoms with Crippen LogP contribution >= 0.6 is 0 Å². The number of anilines is 1. The Balaban J connectivity index is 1.55. The molecule has 1 fully saturated rings. The van der Waals surface area contributed by atoms with Crippen LogP contribution in [-0.4, -0.2) is 58.3 Å². The van der Waals surface area contributed by atoms with Gasteiger partial charge in [0.2, 0.25) is 0 Å². The Morgan fingerprint density at radius 2 is 1.87 bits per heavy atom. The fourth-order valence-electron chi connectivity index (χ4n) is 3.35. The number of rotatable bonds is 6. The van der Waals surface area contributed by atoms with Crippen molar-refractivity contribution in [1.29, 1.82) is 0 Å². The van der Waals surface area contributed by atoms with Gasteiger partial charge in [0.25, 0.3) is 11.8 Å². The molecule has 9 heteroatoms. The van der Waals surface area contributed by atoms with Gasteiger partial charge in [-0.1, -0.05) is 24.3 Å². The van der Waals surface area contributed by atoms with E-state index in [1.807, 2.05) is 0 Å². The fraction of sp³-hybridized carbons (Fsp3) is 0.333. The first-order valence-electron chi connectivity index (χ1n) is 9.59. The third kappa shape index (κ3) is 4.93. The van der Waals surface area contributed by atoms with Gasteiger partial charge in [0.05, 0.1) is 0 Å². The number of carbonyl (C=O) groups excluding carboxylic acids is 2. The number of nitrogens with one attached hydrogen (secondary N) is 1. The summed E-state index contributed by atoms with van der Waals surface area (Å²) in [6, 6.07) is 11.0. The van der Waals surface area contributed by atoms with Crippen molar-refractivity contribution in [3.8, 4) is 11.1 Å². The molecule has 1 aliphatic rings. The summed E-state index contributed by atoms with van der Waals surface area (Å²) in [6.07, 6.45) is -3.12. The van der Waals surface area contributed by atoms with E-state index in [1.54, 1.807) is 30.3 Å². The van der Waals surface area contributed by atoms with Gasteiger partial charge < -0.3 is 31.9 Å². The number of nitrogens with zero attached hydrogens (tertiary/aromatic N) is 1. The van der Waals surface area contributed by atoms with E-state index in [1.165, 1.54) is 17.0 Å². The second-order valence-electron chi connectivity index (χ2n) is 7.37. The number of hydrogen-bond acceptors (Lipinski definition) is 6. The number of likely N-dealkylation sites (tertiary alicyclic amines) is 1. The molecule has 3 rings (SSSR count). The van der Waals surface area contributed by atoms with Crippen LogP contribution in [0.15, 0.2) is 42.5 Å². The summed E-state index contributed by atoms with van der Waals surface area (Å²) in [6.45, 7) is 0.760. The molecule has 1 aliphatic heterocycles. The summed E-state index contributed by atoms with van der Waals surface area (Å²) in [7, 11) is 0. The summed E-state index contributed by atoms with van der Waals surface area (Å²) in [5.74, 6) is -1.99. The van der Waals surface area contributed by atoms with E-state index in [9.17, 15) is 24.2 Å². The van der Waals surface area contributed by atoms with Gasteiger partial charge in [0.1, 0.15) is 5.82 Å². The van der Waals surface area contributed by atoms with E-state index in [0.717, 1.165) is 11.1 Å². The number of benzene rings is 2. The van der Waals surface area contributed by atoms with E-state index >= 15 is 0 Å². The third-order valence-electron chi connectivity index (χ3n) is 5.10. The molecule has 2 aromatic rings. The van der Waals surface area contributed by atoms with Crippen LogP contribution in [0.2, 0.25) is 0 Å². The summed E-state index contributed by atoms with van der Waals surface area (Å²) in [4.78, 5) is 25.7. The van der Waals surface area contributed by atoms with Crippen LogP contribution in [-0.2, 0) is 16.1 Å². The van der Waals surface area contributed by atoms with Crippen molar-refractivity contribution in [3.63, 3.8) is 0 Å². The first-order valence-corrected chi connectivity index (χ1v) is 9.59. The van der Waals surface area contributed by atoms with Crippen LogP contribution in [0.1, 0.15) is 12.0 Å². The van der Waals surface area contributed by atoms with Crippen molar-refractivity contribution < 1.29 is 24.2 Å². The lowest BCUT2D eigenvalue weighted by molar-refractivity contribution is -0.152. The van der Waals surface area contributed by atoms with Gasteiger partial charge in [0.15, 0.2) is 12.2 Å². The van der Waals surface area contributed by atoms with Gasteiger partial charge >= 0.3 is 0 Å². The maximum absolute atomic E-state index is 13.2. The smallest absolute Gasteiger partial charge is 0.254 e. The molecule has 160 valence electrons. The summed E-state index contributed by atoms with van der Waals surface area (Å²) < 4.78 is 13.2. The molecular formula is C21H25FN4O4. The number of nitrogen functional groups attached to an aromatic ring is 1.